The zero-order valence-corrected chi connectivity index (χ0v) is 26.9. The van der Waals surface area contributed by atoms with E-state index >= 15 is 0 Å². The maximum absolute atomic E-state index is 14.5. The Hall–Kier alpha value is -3.98. The summed E-state index contributed by atoms with van der Waals surface area (Å²) in [4.78, 5) is 36.1. The van der Waals surface area contributed by atoms with Crippen LogP contribution in [0.2, 0.25) is 0 Å². The van der Waals surface area contributed by atoms with Crippen molar-refractivity contribution in [2.24, 2.45) is 0 Å². The normalized spacial score (nSPS) is 14.2. The molecule has 2 N–H and O–H groups in total. The second-order valence-electron chi connectivity index (χ2n) is 11.2. The zero-order valence-electron chi connectivity index (χ0n) is 26.9. The summed E-state index contributed by atoms with van der Waals surface area (Å²) in [5, 5.41) is 3.29. The van der Waals surface area contributed by atoms with Crippen LogP contribution in [0.3, 0.4) is 0 Å². The van der Waals surface area contributed by atoms with Crippen LogP contribution in [0.15, 0.2) is 54.6 Å². The molecule has 1 aliphatic rings. The minimum absolute atomic E-state index is 0.0728. The van der Waals surface area contributed by atoms with Crippen LogP contribution in [-0.2, 0) is 4.79 Å². The Balaban J connectivity index is 1.78. The molecule has 2 aromatic carbocycles. The highest BCUT2D eigenvalue weighted by atomic mass is 16.5. The monoisotopic (exact) mass is 604 g/mol. The quantitative estimate of drug-likeness (QED) is 0.219. The van der Waals surface area contributed by atoms with E-state index in [4.69, 9.17) is 14.2 Å². The third-order valence-corrected chi connectivity index (χ3v) is 8.54. The molecule has 0 saturated heterocycles. The third kappa shape index (κ3) is 7.94. The molecule has 0 aliphatic heterocycles. The van der Waals surface area contributed by atoms with Gasteiger partial charge < -0.3 is 34.3 Å². The first kappa shape index (κ1) is 32.9. The average Bonchev–Trinajstić information content (AvgIpc) is 3.56. The summed E-state index contributed by atoms with van der Waals surface area (Å²) in [5.74, 6) is 0.834. The van der Waals surface area contributed by atoms with Gasteiger partial charge in [0, 0.05) is 18.3 Å². The highest BCUT2D eigenvalue weighted by molar-refractivity contribution is 5.97. The minimum Gasteiger partial charge on any atom is -0.493 e. The number of H-pyrrole nitrogens is 1. The second-order valence-corrected chi connectivity index (χ2v) is 11.2. The molecular weight excluding hydrogens is 556 g/mol. The van der Waals surface area contributed by atoms with Crippen LogP contribution in [0.1, 0.15) is 74.5 Å². The molecule has 0 bridgehead atoms. The zero-order chi connectivity index (χ0) is 31.5. The lowest BCUT2D eigenvalue weighted by molar-refractivity contribution is -0.127. The highest BCUT2D eigenvalue weighted by Crippen LogP contribution is 2.41. The summed E-state index contributed by atoms with van der Waals surface area (Å²) in [5.41, 5.74) is 2.84. The standard InChI is InChI=1S/C35H48N4O5/c1-6-38(7-2)21-14-22-39(35(41)29-20-19-28(37-29)25-15-10-8-11-16-25)32(34(40)36-27-17-12-9-13-18-27)26-23-30(42-3)33(44-5)31(24-26)43-4/h8,10-11,15-16,19-20,23-24,27,32,37H,6-7,9,12-14,17-18,21-22H2,1-5H3,(H,36,40)/t32-/m0/s1. The number of nitrogens with one attached hydrogen (secondary N) is 2. The summed E-state index contributed by atoms with van der Waals surface area (Å²) in [7, 11) is 4.65. The molecule has 1 fully saturated rings. The van der Waals surface area contributed by atoms with Gasteiger partial charge in [-0.3, -0.25) is 9.59 Å². The number of aromatic amines is 1. The predicted octanol–water partition coefficient (Wildman–Crippen LogP) is 6.07. The van der Waals surface area contributed by atoms with Gasteiger partial charge >= 0.3 is 0 Å². The van der Waals surface area contributed by atoms with Crippen molar-refractivity contribution in [1.29, 1.82) is 0 Å². The largest absolute Gasteiger partial charge is 0.493 e. The number of rotatable bonds is 15. The molecule has 4 rings (SSSR count). The number of amides is 2. The van der Waals surface area contributed by atoms with Gasteiger partial charge in [0.2, 0.25) is 11.7 Å². The number of carbonyl (C=O) groups is 2. The Labute approximate surface area is 261 Å². The van der Waals surface area contributed by atoms with Crippen molar-refractivity contribution in [3.63, 3.8) is 0 Å². The molecule has 9 heteroatoms. The topological polar surface area (TPSA) is 96.1 Å². The maximum Gasteiger partial charge on any atom is 0.271 e. The van der Waals surface area contributed by atoms with Crippen molar-refractivity contribution in [3.05, 3.63) is 65.9 Å². The lowest BCUT2D eigenvalue weighted by Gasteiger charge is -2.34. The first-order chi connectivity index (χ1) is 21.4. The van der Waals surface area contributed by atoms with E-state index in [9.17, 15) is 9.59 Å². The molecule has 3 aromatic rings. The van der Waals surface area contributed by atoms with Gasteiger partial charge in [-0.25, -0.2) is 0 Å². The first-order valence-electron chi connectivity index (χ1n) is 15.8. The molecule has 1 heterocycles. The van der Waals surface area contributed by atoms with Gasteiger partial charge in [0.05, 0.1) is 21.3 Å². The van der Waals surface area contributed by atoms with Gasteiger partial charge in [0.1, 0.15) is 11.7 Å². The number of nitrogens with zero attached hydrogens (tertiary/aromatic N) is 2. The van der Waals surface area contributed by atoms with Gasteiger partial charge in [-0.05, 0) is 74.3 Å². The Morgan fingerprint density at radius 3 is 2.14 bits per heavy atom. The predicted molar refractivity (Wildman–Crippen MR) is 174 cm³/mol. The van der Waals surface area contributed by atoms with Crippen LogP contribution in [0.25, 0.3) is 11.3 Å². The molecule has 1 saturated carbocycles. The molecule has 9 nitrogen and oxygen atoms in total. The molecule has 0 spiro atoms. The fraction of sp³-hybridized carbons (Fsp3) is 0.486. The smallest absolute Gasteiger partial charge is 0.271 e. The molecule has 0 unspecified atom stereocenters. The van der Waals surface area contributed by atoms with Gasteiger partial charge in [-0.2, -0.15) is 0 Å². The average molecular weight is 605 g/mol. The number of methoxy groups -OCH3 is 3. The first-order valence-corrected chi connectivity index (χ1v) is 15.8. The fourth-order valence-electron chi connectivity index (χ4n) is 6.07. The van der Waals surface area contributed by atoms with E-state index in [0.29, 0.717) is 41.5 Å². The summed E-state index contributed by atoms with van der Waals surface area (Å²) < 4.78 is 16.9. The molecule has 1 atom stereocenters. The number of ether oxygens (including phenoxy) is 3. The van der Waals surface area contributed by atoms with Crippen LogP contribution in [-0.4, -0.2) is 80.1 Å². The Morgan fingerprint density at radius 2 is 1.55 bits per heavy atom. The molecule has 1 aliphatic carbocycles. The van der Waals surface area contributed by atoms with Crippen molar-refractivity contribution < 1.29 is 23.8 Å². The number of hydrogen-bond acceptors (Lipinski definition) is 6. The molecule has 0 radical (unpaired) electrons. The number of benzene rings is 2. The summed E-state index contributed by atoms with van der Waals surface area (Å²) >= 11 is 0. The SMILES string of the molecule is CCN(CC)CCCN(C(=O)c1ccc(-c2ccccc2)[nH]1)[C@H](C(=O)NC1CCCCC1)c1cc(OC)c(OC)c(OC)c1. The maximum atomic E-state index is 14.5. The molecule has 1 aromatic heterocycles. The van der Waals surface area contributed by atoms with E-state index < -0.39 is 6.04 Å². The van der Waals surface area contributed by atoms with Crippen molar-refractivity contribution in [3.8, 4) is 28.5 Å². The van der Waals surface area contributed by atoms with Crippen LogP contribution in [0.5, 0.6) is 17.2 Å². The van der Waals surface area contributed by atoms with E-state index in [1.165, 1.54) is 6.42 Å². The summed E-state index contributed by atoms with van der Waals surface area (Å²) in [6, 6.07) is 16.3. The Morgan fingerprint density at radius 1 is 0.886 bits per heavy atom. The Kier molecular flexibility index (Phi) is 12.1. The van der Waals surface area contributed by atoms with E-state index in [2.05, 4.69) is 29.0 Å². The molecule has 2 amide bonds. The van der Waals surface area contributed by atoms with E-state index in [0.717, 1.165) is 56.6 Å². The fourth-order valence-corrected chi connectivity index (χ4v) is 6.07. The van der Waals surface area contributed by atoms with Gasteiger partial charge in [-0.15, -0.1) is 0 Å². The van der Waals surface area contributed by atoms with Crippen molar-refractivity contribution in [1.82, 2.24) is 20.1 Å². The highest BCUT2D eigenvalue weighted by Gasteiger charge is 2.35. The van der Waals surface area contributed by atoms with Crippen LogP contribution >= 0.6 is 0 Å². The van der Waals surface area contributed by atoms with Gasteiger partial charge in [0.15, 0.2) is 11.5 Å². The molecular formula is C35H48N4O5. The molecule has 44 heavy (non-hydrogen) atoms. The number of aromatic nitrogens is 1. The van der Waals surface area contributed by atoms with Gasteiger partial charge in [-0.1, -0.05) is 63.4 Å². The summed E-state index contributed by atoms with van der Waals surface area (Å²) in [6.45, 7) is 7.29. The van der Waals surface area contributed by atoms with Crippen molar-refractivity contribution in [2.45, 2.75) is 64.5 Å². The van der Waals surface area contributed by atoms with Crippen molar-refractivity contribution >= 4 is 11.8 Å². The van der Waals surface area contributed by atoms with Crippen LogP contribution in [0.4, 0.5) is 0 Å². The molecule has 238 valence electrons. The van der Waals surface area contributed by atoms with E-state index in [1.807, 2.05) is 36.4 Å². The minimum atomic E-state index is -0.918. The lowest BCUT2D eigenvalue weighted by Crippen LogP contribution is -2.47. The van der Waals surface area contributed by atoms with E-state index in [-0.39, 0.29) is 17.9 Å². The van der Waals surface area contributed by atoms with Crippen LogP contribution < -0.4 is 19.5 Å². The third-order valence-electron chi connectivity index (χ3n) is 8.54. The van der Waals surface area contributed by atoms with Crippen LogP contribution in [0, 0.1) is 0 Å². The lowest BCUT2D eigenvalue weighted by atomic mass is 9.94. The Bertz CT molecular complexity index is 1320. The van der Waals surface area contributed by atoms with Gasteiger partial charge in [0.25, 0.3) is 5.91 Å². The van der Waals surface area contributed by atoms with E-state index in [1.54, 1.807) is 44.4 Å². The number of carbonyl (C=O) groups excluding carboxylic acids is 2. The number of hydrogen-bond donors (Lipinski definition) is 2. The van der Waals surface area contributed by atoms with Crippen molar-refractivity contribution in [2.75, 3.05) is 47.5 Å². The second kappa shape index (κ2) is 16.2. The summed E-state index contributed by atoms with van der Waals surface area (Å²) in [6.07, 6.45) is 5.90.